The minimum absolute atomic E-state index is 0.267. The highest BCUT2D eigenvalue weighted by atomic mass is 16.3. The molecule has 2 rings (SSSR count). The van der Waals surface area contributed by atoms with Gasteiger partial charge in [0.1, 0.15) is 0 Å². The van der Waals surface area contributed by atoms with Gasteiger partial charge in [-0.05, 0) is 63.2 Å². The van der Waals surface area contributed by atoms with Crippen LogP contribution in [0.25, 0.3) is 0 Å². The molecule has 0 aliphatic heterocycles. The van der Waals surface area contributed by atoms with Crippen molar-refractivity contribution < 1.29 is 10.2 Å². The predicted molar refractivity (Wildman–Crippen MR) is 69.6 cm³/mol. The Hall–Kier alpha value is -0.340. The molecule has 3 unspecified atom stereocenters. The molecule has 2 aliphatic carbocycles. The molecule has 0 radical (unpaired) electrons. The summed E-state index contributed by atoms with van der Waals surface area (Å²) in [5.41, 5.74) is 0.951. The predicted octanol–water partition coefficient (Wildman–Crippen LogP) is 2.75. The zero-order valence-corrected chi connectivity index (χ0v) is 11.3. The number of aliphatic hydroxyl groups is 2. The third kappa shape index (κ3) is 2.43. The first-order chi connectivity index (χ1) is 7.95. The summed E-state index contributed by atoms with van der Waals surface area (Å²) < 4.78 is 0. The Morgan fingerprint density at radius 1 is 1.47 bits per heavy atom. The van der Waals surface area contributed by atoms with Gasteiger partial charge < -0.3 is 10.2 Å². The van der Waals surface area contributed by atoms with Crippen LogP contribution in [0, 0.1) is 23.7 Å². The van der Waals surface area contributed by atoms with Crippen LogP contribution in [0.15, 0.2) is 11.6 Å². The molecule has 2 aliphatic rings. The summed E-state index contributed by atoms with van der Waals surface area (Å²) >= 11 is 0. The van der Waals surface area contributed by atoms with E-state index >= 15 is 0 Å². The summed E-state index contributed by atoms with van der Waals surface area (Å²) in [5.74, 6) is 1.75. The second kappa shape index (κ2) is 4.74. The van der Waals surface area contributed by atoms with Crippen LogP contribution >= 0.6 is 0 Å². The van der Waals surface area contributed by atoms with Crippen LogP contribution in [0.3, 0.4) is 0 Å². The van der Waals surface area contributed by atoms with Crippen molar-refractivity contribution in [3.63, 3.8) is 0 Å². The van der Waals surface area contributed by atoms with Crippen LogP contribution in [-0.2, 0) is 0 Å². The van der Waals surface area contributed by atoms with Crippen molar-refractivity contribution in [1.82, 2.24) is 0 Å². The normalized spacial score (nSPS) is 43.8. The largest absolute Gasteiger partial charge is 0.396 e. The summed E-state index contributed by atoms with van der Waals surface area (Å²) in [6, 6.07) is 0. The number of fused-ring (bicyclic) bond motifs is 1. The van der Waals surface area contributed by atoms with E-state index in [0.29, 0.717) is 23.7 Å². The maximum Gasteiger partial charge on any atom is 0.0653 e. The first-order valence-electron chi connectivity index (χ1n) is 6.96. The van der Waals surface area contributed by atoms with Crippen molar-refractivity contribution in [3.05, 3.63) is 11.6 Å². The molecular formula is C15H26O2. The quantitative estimate of drug-likeness (QED) is 0.726. The molecule has 2 N–H and O–H groups in total. The number of hydrogen-bond donors (Lipinski definition) is 2. The fourth-order valence-corrected chi connectivity index (χ4v) is 3.89. The van der Waals surface area contributed by atoms with Crippen LogP contribution in [0.5, 0.6) is 0 Å². The van der Waals surface area contributed by atoms with Crippen molar-refractivity contribution in [1.29, 1.82) is 0 Å². The van der Waals surface area contributed by atoms with Crippen LogP contribution < -0.4 is 0 Å². The minimum atomic E-state index is -0.506. The highest BCUT2D eigenvalue weighted by Gasteiger charge is 2.46. The third-order valence-electron chi connectivity index (χ3n) is 5.09. The van der Waals surface area contributed by atoms with Gasteiger partial charge in [-0.25, -0.2) is 0 Å². The van der Waals surface area contributed by atoms with E-state index in [1.165, 1.54) is 5.57 Å². The van der Waals surface area contributed by atoms with Gasteiger partial charge in [-0.15, -0.1) is 0 Å². The van der Waals surface area contributed by atoms with Gasteiger partial charge in [0, 0.05) is 6.61 Å². The van der Waals surface area contributed by atoms with Crippen LogP contribution in [0.4, 0.5) is 0 Å². The summed E-state index contributed by atoms with van der Waals surface area (Å²) in [4.78, 5) is 0. The number of aliphatic hydroxyl groups excluding tert-OH is 1. The zero-order valence-electron chi connectivity index (χ0n) is 11.3. The zero-order chi connectivity index (χ0) is 12.6. The van der Waals surface area contributed by atoms with E-state index in [4.69, 9.17) is 0 Å². The molecule has 0 bridgehead atoms. The van der Waals surface area contributed by atoms with E-state index in [1.54, 1.807) is 0 Å². The lowest BCUT2D eigenvalue weighted by molar-refractivity contribution is -0.0851. The minimum Gasteiger partial charge on any atom is -0.396 e. The van der Waals surface area contributed by atoms with Gasteiger partial charge in [0.15, 0.2) is 0 Å². The summed E-state index contributed by atoms with van der Waals surface area (Å²) in [7, 11) is 0. The molecule has 0 aromatic carbocycles. The molecule has 0 spiro atoms. The molecule has 1 fully saturated rings. The number of rotatable bonds is 2. The summed E-state index contributed by atoms with van der Waals surface area (Å²) in [6.07, 6.45) is 6.53. The molecule has 2 nitrogen and oxygen atoms in total. The standard InChI is InChI=1S/C15H26O2/c1-10-4-5-14-13(8-10)12(11(2)9-16)6-7-15(14,3)17/h8,11-14,16-17H,4-7,9H2,1-3H3/t11?,12-,13?,14?,15+/m0/s1. The molecule has 0 aromatic rings. The maximum atomic E-state index is 10.5. The fourth-order valence-electron chi connectivity index (χ4n) is 3.89. The second-order valence-electron chi connectivity index (χ2n) is 6.46. The molecule has 5 atom stereocenters. The highest BCUT2D eigenvalue weighted by molar-refractivity contribution is 5.13. The monoisotopic (exact) mass is 238 g/mol. The van der Waals surface area contributed by atoms with Crippen molar-refractivity contribution in [2.45, 2.75) is 52.1 Å². The molecule has 0 heterocycles. The Kier molecular flexibility index (Phi) is 3.65. The first kappa shape index (κ1) is 13.1. The lowest BCUT2D eigenvalue weighted by atomic mass is 9.58. The van der Waals surface area contributed by atoms with Gasteiger partial charge in [0.25, 0.3) is 0 Å². The topological polar surface area (TPSA) is 40.5 Å². The van der Waals surface area contributed by atoms with Crippen molar-refractivity contribution in [3.8, 4) is 0 Å². The molecule has 0 amide bonds. The van der Waals surface area contributed by atoms with Gasteiger partial charge in [0.05, 0.1) is 5.60 Å². The highest BCUT2D eigenvalue weighted by Crippen LogP contribution is 2.49. The molecule has 1 saturated carbocycles. The SMILES string of the molecule is CC1=CC2C(CC1)[C@](C)(O)CC[C@H]2C(C)CO. The Bertz CT molecular complexity index is 306. The smallest absolute Gasteiger partial charge is 0.0653 e. The van der Waals surface area contributed by atoms with Gasteiger partial charge in [-0.3, -0.25) is 0 Å². The van der Waals surface area contributed by atoms with Crippen molar-refractivity contribution >= 4 is 0 Å². The van der Waals surface area contributed by atoms with E-state index in [1.807, 2.05) is 6.92 Å². The van der Waals surface area contributed by atoms with Crippen LogP contribution in [0.2, 0.25) is 0 Å². The van der Waals surface area contributed by atoms with E-state index in [-0.39, 0.29) is 6.61 Å². The fraction of sp³-hybridized carbons (Fsp3) is 0.867. The molecule has 98 valence electrons. The van der Waals surface area contributed by atoms with E-state index in [9.17, 15) is 10.2 Å². The van der Waals surface area contributed by atoms with E-state index in [2.05, 4.69) is 19.9 Å². The van der Waals surface area contributed by atoms with Crippen LogP contribution in [-0.4, -0.2) is 22.4 Å². The van der Waals surface area contributed by atoms with Gasteiger partial charge >= 0.3 is 0 Å². The Balaban J connectivity index is 2.25. The second-order valence-corrected chi connectivity index (χ2v) is 6.46. The van der Waals surface area contributed by atoms with Crippen LogP contribution in [0.1, 0.15) is 46.5 Å². The Morgan fingerprint density at radius 3 is 2.82 bits per heavy atom. The summed E-state index contributed by atoms with van der Waals surface area (Å²) in [5, 5.41) is 19.9. The van der Waals surface area contributed by atoms with Gasteiger partial charge in [-0.1, -0.05) is 18.6 Å². The van der Waals surface area contributed by atoms with E-state index < -0.39 is 5.60 Å². The third-order valence-corrected chi connectivity index (χ3v) is 5.09. The van der Waals surface area contributed by atoms with E-state index in [0.717, 1.165) is 25.7 Å². The maximum absolute atomic E-state index is 10.5. The first-order valence-corrected chi connectivity index (χ1v) is 6.96. The number of allylic oxidation sites excluding steroid dienone is 2. The lowest BCUT2D eigenvalue weighted by Crippen LogP contribution is -2.48. The molecule has 0 saturated heterocycles. The van der Waals surface area contributed by atoms with Crippen molar-refractivity contribution in [2.24, 2.45) is 23.7 Å². The van der Waals surface area contributed by atoms with Gasteiger partial charge in [-0.2, -0.15) is 0 Å². The average molecular weight is 238 g/mol. The lowest BCUT2D eigenvalue weighted by Gasteiger charge is -2.49. The summed E-state index contributed by atoms with van der Waals surface area (Å²) in [6.45, 7) is 6.60. The molecular weight excluding hydrogens is 212 g/mol. The van der Waals surface area contributed by atoms with Crippen molar-refractivity contribution in [2.75, 3.05) is 6.61 Å². The Labute approximate surface area is 105 Å². The molecule has 2 heteroatoms. The molecule has 17 heavy (non-hydrogen) atoms. The Morgan fingerprint density at radius 2 is 2.18 bits per heavy atom. The molecule has 0 aromatic heterocycles. The number of hydrogen-bond acceptors (Lipinski definition) is 2. The van der Waals surface area contributed by atoms with Gasteiger partial charge in [0.2, 0.25) is 0 Å². The average Bonchev–Trinajstić information content (AvgIpc) is 2.27.